The average molecular weight is 242 g/mol. The minimum atomic E-state index is -0.850. The largest absolute Gasteiger partial charge is 0.466 e. The molecule has 1 rings (SSSR count). The van der Waals surface area contributed by atoms with Crippen molar-refractivity contribution in [3.8, 4) is 0 Å². The lowest BCUT2D eigenvalue weighted by molar-refractivity contribution is -0.163. The van der Waals surface area contributed by atoms with Crippen LogP contribution >= 0.6 is 0 Å². The summed E-state index contributed by atoms with van der Waals surface area (Å²) in [5.41, 5.74) is -0.850. The Labute approximate surface area is 105 Å². The third-order valence-corrected chi connectivity index (χ3v) is 3.76. The van der Waals surface area contributed by atoms with Crippen LogP contribution in [0.3, 0.4) is 0 Å². The fraction of sp³-hybridized carbons (Fsp3) is 0.929. The summed E-state index contributed by atoms with van der Waals surface area (Å²) in [6, 6.07) is 0. The van der Waals surface area contributed by atoms with Crippen LogP contribution in [0, 0.1) is 11.8 Å². The Morgan fingerprint density at radius 1 is 1.24 bits per heavy atom. The van der Waals surface area contributed by atoms with Crippen LogP contribution in [-0.4, -0.2) is 23.3 Å². The summed E-state index contributed by atoms with van der Waals surface area (Å²) in [7, 11) is 0. The molecule has 3 nitrogen and oxygen atoms in total. The molecule has 1 aliphatic carbocycles. The molecule has 0 saturated heterocycles. The molecule has 0 amide bonds. The predicted molar refractivity (Wildman–Crippen MR) is 67.6 cm³/mol. The third-order valence-electron chi connectivity index (χ3n) is 3.76. The van der Waals surface area contributed by atoms with E-state index in [0.29, 0.717) is 6.61 Å². The molecule has 17 heavy (non-hydrogen) atoms. The smallest absolute Gasteiger partial charge is 0.312 e. The third kappa shape index (κ3) is 3.70. The van der Waals surface area contributed by atoms with Gasteiger partial charge in [-0.25, -0.2) is 0 Å². The van der Waals surface area contributed by atoms with E-state index in [4.69, 9.17) is 4.74 Å². The van der Waals surface area contributed by atoms with Crippen molar-refractivity contribution in [2.24, 2.45) is 11.8 Å². The summed E-state index contributed by atoms with van der Waals surface area (Å²) in [6.07, 6.45) is 5.81. The van der Waals surface area contributed by atoms with E-state index in [-0.39, 0.29) is 17.8 Å². The molecule has 100 valence electrons. The number of rotatable bonds is 4. The molecule has 0 aliphatic heterocycles. The van der Waals surface area contributed by atoms with E-state index in [2.05, 4.69) is 0 Å². The molecule has 0 aromatic carbocycles. The van der Waals surface area contributed by atoms with Gasteiger partial charge in [-0.05, 0) is 25.7 Å². The Kier molecular flexibility index (Phi) is 5.44. The van der Waals surface area contributed by atoms with Crippen molar-refractivity contribution >= 4 is 5.97 Å². The normalized spacial score (nSPS) is 21.9. The number of carbonyl (C=O) groups excluding carboxylic acids is 1. The summed E-state index contributed by atoms with van der Waals surface area (Å²) in [4.78, 5) is 12.0. The highest BCUT2D eigenvalue weighted by Crippen LogP contribution is 2.37. The van der Waals surface area contributed by atoms with E-state index in [1.54, 1.807) is 0 Å². The number of esters is 1. The Hall–Kier alpha value is -0.570. The number of hydrogen-bond acceptors (Lipinski definition) is 3. The molecule has 1 aliphatic rings. The average Bonchev–Trinajstić information content (AvgIpc) is 2.43. The molecule has 1 N–H and O–H groups in total. The maximum absolute atomic E-state index is 12.0. The minimum Gasteiger partial charge on any atom is -0.466 e. The van der Waals surface area contributed by atoms with Gasteiger partial charge in [0.15, 0.2) is 0 Å². The predicted octanol–water partition coefficient (Wildman–Crippen LogP) is 2.91. The van der Waals surface area contributed by atoms with E-state index in [9.17, 15) is 9.90 Å². The molecular formula is C14H26O3. The zero-order valence-electron chi connectivity index (χ0n) is 11.4. The van der Waals surface area contributed by atoms with Crippen LogP contribution in [0.1, 0.15) is 59.3 Å². The molecule has 0 aromatic heterocycles. The van der Waals surface area contributed by atoms with Gasteiger partial charge in [-0.15, -0.1) is 0 Å². The second kappa shape index (κ2) is 6.39. The highest BCUT2D eigenvalue weighted by Gasteiger charge is 2.43. The van der Waals surface area contributed by atoms with Crippen LogP contribution in [-0.2, 0) is 9.53 Å². The van der Waals surface area contributed by atoms with Gasteiger partial charge in [0.1, 0.15) is 0 Å². The van der Waals surface area contributed by atoms with Crippen LogP contribution < -0.4 is 0 Å². The molecule has 1 fully saturated rings. The van der Waals surface area contributed by atoms with E-state index in [1.807, 2.05) is 20.8 Å². The van der Waals surface area contributed by atoms with Crippen molar-refractivity contribution in [3.63, 3.8) is 0 Å². The molecule has 1 saturated carbocycles. The Balaban J connectivity index is 2.83. The lowest BCUT2D eigenvalue weighted by atomic mass is 9.75. The van der Waals surface area contributed by atoms with Crippen LogP contribution in [0.15, 0.2) is 0 Å². The molecule has 0 heterocycles. The molecule has 0 aromatic rings. The van der Waals surface area contributed by atoms with E-state index < -0.39 is 5.60 Å². The first-order chi connectivity index (χ1) is 8.01. The van der Waals surface area contributed by atoms with Crippen molar-refractivity contribution < 1.29 is 14.6 Å². The van der Waals surface area contributed by atoms with E-state index in [1.165, 1.54) is 0 Å². The molecule has 3 heteroatoms. The first kappa shape index (κ1) is 14.5. The first-order valence-electron chi connectivity index (χ1n) is 6.90. The Bertz CT molecular complexity index is 240. The van der Waals surface area contributed by atoms with Crippen LogP contribution in [0.4, 0.5) is 0 Å². The second-order valence-corrected chi connectivity index (χ2v) is 5.49. The highest BCUT2D eigenvalue weighted by molar-refractivity contribution is 5.74. The van der Waals surface area contributed by atoms with Crippen molar-refractivity contribution in [3.05, 3.63) is 0 Å². The molecule has 0 bridgehead atoms. The number of hydrogen-bond donors (Lipinski definition) is 1. The van der Waals surface area contributed by atoms with Gasteiger partial charge in [0.25, 0.3) is 0 Å². The summed E-state index contributed by atoms with van der Waals surface area (Å²) >= 11 is 0. The number of ether oxygens (including phenoxy) is 1. The molecule has 1 atom stereocenters. The SMILES string of the molecule is CCOC(=O)C(C(C)C)C1(O)CCCCCC1. The summed E-state index contributed by atoms with van der Waals surface area (Å²) in [5, 5.41) is 10.8. The molecular weight excluding hydrogens is 216 g/mol. The van der Waals surface area contributed by atoms with Crippen LogP contribution in [0.25, 0.3) is 0 Å². The van der Waals surface area contributed by atoms with Gasteiger partial charge in [0.05, 0.1) is 18.1 Å². The Morgan fingerprint density at radius 3 is 2.18 bits per heavy atom. The summed E-state index contributed by atoms with van der Waals surface area (Å²) in [6.45, 7) is 6.18. The Morgan fingerprint density at radius 2 is 1.76 bits per heavy atom. The van der Waals surface area contributed by atoms with Crippen molar-refractivity contribution in [2.45, 2.75) is 64.9 Å². The molecule has 0 spiro atoms. The first-order valence-corrected chi connectivity index (χ1v) is 6.90. The van der Waals surface area contributed by atoms with Gasteiger partial charge < -0.3 is 9.84 Å². The van der Waals surface area contributed by atoms with Crippen molar-refractivity contribution in [1.82, 2.24) is 0 Å². The van der Waals surface area contributed by atoms with Gasteiger partial charge in [0.2, 0.25) is 0 Å². The molecule has 1 unspecified atom stereocenters. The zero-order chi connectivity index (χ0) is 12.9. The van der Waals surface area contributed by atoms with Crippen molar-refractivity contribution in [1.29, 1.82) is 0 Å². The standard InChI is InChI=1S/C14H26O3/c1-4-17-13(15)12(11(2)3)14(16)9-7-5-6-8-10-14/h11-12,16H,4-10H2,1-3H3. The van der Waals surface area contributed by atoms with Crippen molar-refractivity contribution in [2.75, 3.05) is 6.61 Å². The fourth-order valence-electron chi connectivity index (χ4n) is 3.00. The topological polar surface area (TPSA) is 46.5 Å². The van der Waals surface area contributed by atoms with Gasteiger partial charge in [0, 0.05) is 0 Å². The number of carbonyl (C=O) groups is 1. The van der Waals surface area contributed by atoms with Crippen LogP contribution in [0.2, 0.25) is 0 Å². The summed E-state index contributed by atoms with van der Waals surface area (Å²) in [5.74, 6) is -0.482. The maximum Gasteiger partial charge on any atom is 0.312 e. The number of aliphatic hydroxyl groups is 1. The second-order valence-electron chi connectivity index (χ2n) is 5.49. The van der Waals surface area contributed by atoms with E-state index >= 15 is 0 Å². The lowest BCUT2D eigenvalue weighted by Gasteiger charge is -2.36. The van der Waals surface area contributed by atoms with Crippen LogP contribution in [0.5, 0.6) is 0 Å². The summed E-state index contributed by atoms with van der Waals surface area (Å²) < 4.78 is 5.13. The van der Waals surface area contributed by atoms with Gasteiger partial charge in [-0.1, -0.05) is 39.5 Å². The maximum atomic E-state index is 12.0. The quantitative estimate of drug-likeness (QED) is 0.609. The van der Waals surface area contributed by atoms with Gasteiger partial charge >= 0.3 is 5.97 Å². The zero-order valence-corrected chi connectivity index (χ0v) is 11.4. The van der Waals surface area contributed by atoms with Gasteiger partial charge in [-0.3, -0.25) is 4.79 Å². The highest BCUT2D eigenvalue weighted by atomic mass is 16.5. The fourth-order valence-corrected chi connectivity index (χ4v) is 3.00. The minimum absolute atomic E-state index is 0.122. The lowest BCUT2D eigenvalue weighted by Crippen LogP contribution is -2.45. The monoisotopic (exact) mass is 242 g/mol. The molecule has 0 radical (unpaired) electrons. The van der Waals surface area contributed by atoms with E-state index in [0.717, 1.165) is 38.5 Å². The van der Waals surface area contributed by atoms with Gasteiger partial charge in [-0.2, -0.15) is 0 Å².